The third-order valence-corrected chi connectivity index (χ3v) is 3.24. The van der Waals surface area contributed by atoms with Gasteiger partial charge in [0.15, 0.2) is 6.61 Å². The lowest BCUT2D eigenvalue weighted by molar-refractivity contribution is -0.123. The molecule has 0 fully saturated rings. The van der Waals surface area contributed by atoms with Crippen LogP contribution in [0.15, 0.2) is 48.8 Å². The van der Waals surface area contributed by atoms with Crippen LogP contribution in [0.1, 0.15) is 20.3 Å². The van der Waals surface area contributed by atoms with Crippen molar-refractivity contribution < 1.29 is 9.53 Å². The Morgan fingerprint density at radius 3 is 2.71 bits per heavy atom. The largest absolute Gasteiger partial charge is 0.484 e. The molecule has 4 nitrogen and oxygen atoms in total. The molecule has 1 N–H and O–H groups in total. The molecule has 2 aromatic rings. The van der Waals surface area contributed by atoms with Gasteiger partial charge in [0.05, 0.1) is 0 Å². The highest BCUT2D eigenvalue weighted by atomic mass is 16.5. The highest BCUT2D eigenvalue weighted by Gasteiger charge is 2.06. The Hall–Kier alpha value is -2.36. The monoisotopic (exact) mass is 284 g/mol. The Kier molecular flexibility index (Phi) is 5.32. The first-order valence-corrected chi connectivity index (χ1v) is 7.11. The van der Waals surface area contributed by atoms with E-state index in [-0.39, 0.29) is 18.6 Å². The second-order valence-electron chi connectivity index (χ2n) is 4.93. The average molecular weight is 284 g/mol. The van der Waals surface area contributed by atoms with Crippen LogP contribution in [0.25, 0.3) is 11.1 Å². The van der Waals surface area contributed by atoms with Gasteiger partial charge in [-0.25, -0.2) is 0 Å². The van der Waals surface area contributed by atoms with Gasteiger partial charge in [0.1, 0.15) is 5.75 Å². The summed E-state index contributed by atoms with van der Waals surface area (Å²) in [6.45, 7) is 4.04. The van der Waals surface area contributed by atoms with Crippen LogP contribution in [0.5, 0.6) is 5.75 Å². The molecule has 0 aliphatic carbocycles. The lowest BCUT2D eigenvalue weighted by Crippen LogP contribution is -2.35. The van der Waals surface area contributed by atoms with E-state index in [4.69, 9.17) is 4.74 Å². The molecule has 0 bridgehead atoms. The van der Waals surface area contributed by atoms with Gasteiger partial charge in [0, 0.05) is 18.4 Å². The Labute approximate surface area is 125 Å². The van der Waals surface area contributed by atoms with E-state index in [0.717, 1.165) is 17.5 Å². The normalized spacial score (nSPS) is 11.7. The minimum Gasteiger partial charge on any atom is -0.484 e. The molecule has 1 heterocycles. The van der Waals surface area contributed by atoms with Crippen molar-refractivity contribution in [3.05, 3.63) is 48.8 Å². The first-order chi connectivity index (χ1) is 10.2. The van der Waals surface area contributed by atoms with Gasteiger partial charge >= 0.3 is 0 Å². The fraction of sp³-hybridized carbons (Fsp3) is 0.294. The summed E-state index contributed by atoms with van der Waals surface area (Å²) in [5.74, 6) is 0.585. The number of carbonyl (C=O) groups excluding carboxylic acids is 1. The summed E-state index contributed by atoms with van der Waals surface area (Å²) < 4.78 is 5.55. The molecular formula is C17H20N2O2. The van der Waals surface area contributed by atoms with E-state index in [1.165, 1.54) is 0 Å². The molecule has 4 heteroatoms. The molecule has 0 saturated carbocycles. The molecule has 0 unspecified atom stereocenters. The van der Waals surface area contributed by atoms with Gasteiger partial charge in [-0.1, -0.05) is 19.1 Å². The zero-order valence-corrected chi connectivity index (χ0v) is 12.4. The molecule has 0 aliphatic heterocycles. The van der Waals surface area contributed by atoms with Crippen LogP contribution in [-0.4, -0.2) is 23.5 Å². The van der Waals surface area contributed by atoms with Crippen LogP contribution < -0.4 is 10.1 Å². The van der Waals surface area contributed by atoms with Crippen LogP contribution >= 0.6 is 0 Å². The number of aromatic nitrogens is 1. The van der Waals surface area contributed by atoms with Crippen molar-refractivity contribution in [2.45, 2.75) is 26.3 Å². The van der Waals surface area contributed by atoms with Crippen LogP contribution in [0.2, 0.25) is 0 Å². The quantitative estimate of drug-likeness (QED) is 0.887. The van der Waals surface area contributed by atoms with Crippen molar-refractivity contribution >= 4 is 5.91 Å². The second kappa shape index (κ2) is 7.43. The molecule has 0 spiro atoms. The average Bonchev–Trinajstić information content (AvgIpc) is 2.54. The Balaban J connectivity index is 1.97. The number of ether oxygens (including phenoxy) is 1. The number of rotatable bonds is 6. The van der Waals surface area contributed by atoms with E-state index in [2.05, 4.69) is 10.3 Å². The Morgan fingerprint density at radius 1 is 1.24 bits per heavy atom. The van der Waals surface area contributed by atoms with Crippen molar-refractivity contribution in [2.24, 2.45) is 0 Å². The van der Waals surface area contributed by atoms with E-state index >= 15 is 0 Å². The van der Waals surface area contributed by atoms with Crippen molar-refractivity contribution in [2.75, 3.05) is 6.61 Å². The predicted octanol–water partition coefficient (Wildman–Crippen LogP) is 3.04. The third kappa shape index (κ3) is 4.60. The van der Waals surface area contributed by atoms with Gasteiger partial charge in [-0.2, -0.15) is 0 Å². The van der Waals surface area contributed by atoms with Crippen molar-refractivity contribution in [1.82, 2.24) is 10.3 Å². The first-order valence-electron chi connectivity index (χ1n) is 7.11. The lowest BCUT2D eigenvalue weighted by atomic mass is 10.1. The van der Waals surface area contributed by atoms with Gasteiger partial charge < -0.3 is 10.1 Å². The number of hydrogen-bond donors (Lipinski definition) is 1. The van der Waals surface area contributed by atoms with E-state index in [1.54, 1.807) is 12.4 Å². The van der Waals surface area contributed by atoms with Crippen LogP contribution in [0.3, 0.4) is 0 Å². The number of carbonyl (C=O) groups is 1. The number of hydrogen-bond acceptors (Lipinski definition) is 3. The maximum Gasteiger partial charge on any atom is 0.258 e. The molecule has 0 saturated heterocycles. The standard InChI is InChI=1S/C17H20N2O2/c1-3-13(2)19-17(20)12-21-16-6-4-5-15(11-16)14-7-9-18-10-8-14/h4-11,13H,3,12H2,1-2H3,(H,19,20)/t13-/m1/s1. The predicted molar refractivity (Wildman–Crippen MR) is 83.1 cm³/mol. The van der Waals surface area contributed by atoms with Crippen molar-refractivity contribution in [3.63, 3.8) is 0 Å². The Bertz CT molecular complexity index is 584. The van der Waals surface area contributed by atoms with Crippen molar-refractivity contribution in [1.29, 1.82) is 0 Å². The fourth-order valence-electron chi connectivity index (χ4n) is 1.88. The van der Waals surface area contributed by atoms with Gasteiger partial charge in [-0.05, 0) is 48.7 Å². The van der Waals surface area contributed by atoms with Gasteiger partial charge in [-0.15, -0.1) is 0 Å². The fourth-order valence-corrected chi connectivity index (χ4v) is 1.88. The van der Waals surface area contributed by atoms with E-state index < -0.39 is 0 Å². The molecule has 0 radical (unpaired) electrons. The van der Waals surface area contributed by atoms with Gasteiger partial charge in [0.2, 0.25) is 0 Å². The maximum absolute atomic E-state index is 11.7. The zero-order valence-electron chi connectivity index (χ0n) is 12.4. The molecule has 1 aromatic carbocycles. The number of nitrogens with one attached hydrogen (secondary N) is 1. The molecule has 1 atom stereocenters. The number of amides is 1. The summed E-state index contributed by atoms with van der Waals surface area (Å²) in [4.78, 5) is 15.7. The summed E-state index contributed by atoms with van der Waals surface area (Å²) in [6.07, 6.45) is 4.41. The smallest absolute Gasteiger partial charge is 0.258 e. The number of nitrogens with zero attached hydrogens (tertiary/aromatic N) is 1. The minimum absolute atomic E-state index is 0.0319. The number of pyridine rings is 1. The highest BCUT2D eigenvalue weighted by Crippen LogP contribution is 2.23. The summed E-state index contributed by atoms with van der Waals surface area (Å²) in [5.41, 5.74) is 2.11. The highest BCUT2D eigenvalue weighted by molar-refractivity contribution is 5.77. The maximum atomic E-state index is 11.7. The van der Waals surface area contributed by atoms with E-state index in [9.17, 15) is 4.79 Å². The zero-order chi connectivity index (χ0) is 15.1. The van der Waals surface area contributed by atoms with E-state index in [1.807, 2.05) is 50.2 Å². The van der Waals surface area contributed by atoms with Gasteiger partial charge in [0.25, 0.3) is 5.91 Å². The van der Waals surface area contributed by atoms with Crippen LogP contribution in [0, 0.1) is 0 Å². The summed E-state index contributed by atoms with van der Waals surface area (Å²) in [6, 6.07) is 11.7. The molecule has 21 heavy (non-hydrogen) atoms. The lowest BCUT2D eigenvalue weighted by Gasteiger charge is -2.12. The third-order valence-electron chi connectivity index (χ3n) is 3.24. The number of benzene rings is 1. The summed E-state index contributed by atoms with van der Waals surface area (Å²) >= 11 is 0. The van der Waals surface area contributed by atoms with Crippen LogP contribution in [-0.2, 0) is 4.79 Å². The van der Waals surface area contributed by atoms with Crippen molar-refractivity contribution in [3.8, 4) is 16.9 Å². The van der Waals surface area contributed by atoms with Crippen LogP contribution in [0.4, 0.5) is 0 Å². The summed E-state index contributed by atoms with van der Waals surface area (Å²) in [7, 11) is 0. The van der Waals surface area contributed by atoms with Gasteiger partial charge in [-0.3, -0.25) is 9.78 Å². The minimum atomic E-state index is -0.0985. The topological polar surface area (TPSA) is 51.2 Å². The summed E-state index contributed by atoms with van der Waals surface area (Å²) in [5, 5.41) is 2.87. The SMILES string of the molecule is CC[C@@H](C)NC(=O)COc1cccc(-c2ccncc2)c1. The second-order valence-corrected chi connectivity index (χ2v) is 4.93. The molecule has 2 rings (SSSR count). The first kappa shape index (κ1) is 15.0. The molecule has 0 aliphatic rings. The molecule has 1 aromatic heterocycles. The van der Waals surface area contributed by atoms with E-state index in [0.29, 0.717) is 5.75 Å². The molecule has 1 amide bonds. The molecular weight excluding hydrogens is 264 g/mol. The molecule has 110 valence electrons. The Morgan fingerprint density at radius 2 is 2.00 bits per heavy atom.